The van der Waals surface area contributed by atoms with Crippen molar-refractivity contribution in [1.82, 2.24) is 5.32 Å². The molecule has 3 N–H and O–H groups in total. The van der Waals surface area contributed by atoms with Gasteiger partial charge in [0.05, 0.1) is 5.54 Å². The topological polar surface area (TPSA) is 67.5 Å². The highest BCUT2D eigenvalue weighted by Crippen LogP contribution is 2.33. The number of carbonyl (C=O) groups excluding carboxylic acids is 1. The van der Waals surface area contributed by atoms with Crippen LogP contribution in [-0.2, 0) is 10.3 Å². The van der Waals surface area contributed by atoms with Crippen LogP contribution < -0.4 is 11.1 Å². The van der Waals surface area contributed by atoms with Crippen molar-refractivity contribution in [3.63, 3.8) is 0 Å². The van der Waals surface area contributed by atoms with Gasteiger partial charge in [0.2, 0.25) is 5.91 Å². The van der Waals surface area contributed by atoms with Gasteiger partial charge in [0.1, 0.15) is 6.54 Å². The van der Waals surface area contributed by atoms with Gasteiger partial charge >= 0.3 is 0 Å². The van der Waals surface area contributed by atoms with E-state index in [9.17, 15) is 4.79 Å². The van der Waals surface area contributed by atoms with Crippen LogP contribution in [0.3, 0.4) is 0 Å². The summed E-state index contributed by atoms with van der Waals surface area (Å²) in [5.41, 5.74) is 6.23. The molecule has 2 aromatic carbocycles. The molecule has 0 spiro atoms. The number of nitrogens with one attached hydrogen (secondary N) is 1. The molecule has 1 aliphatic heterocycles. The molecule has 114 valence electrons. The molecule has 22 heavy (non-hydrogen) atoms. The summed E-state index contributed by atoms with van der Waals surface area (Å²) in [5, 5.41) is 6.74. The van der Waals surface area contributed by atoms with E-state index in [0.29, 0.717) is 0 Å². The van der Waals surface area contributed by atoms with Gasteiger partial charge in [0.25, 0.3) is 0 Å². The highest BCUT2D eigenvalue weighted by atomic mass is 32.2. The van der Waals surface area contributed by atoms with E-state index in [0.717, 1.165) is 17.3 Å². The Balaban J connectivity index is 1.90. The van der Waals surface area contributed by atoms with Gasteiger partial charge in [0, 0.05) is 5.75 Å². The van der Waals surface area contributed by atoms with Gasteiger partial charge in [-0.15, -0.1) is 0 Å². The first-order chi connectivity index (χ1) is 10.6. The summed E-state index contributed by atoms with van der Waals surface area (Å²) in [7, 11) is 0. The first-order valence-electron chi connectivity index (χ1n) is 7.30. The molecule has 0 bridgehead atoms. The molecule has 5 heteroatoms. The van der Waals surface area contributed by atoms with Crippen molar-refractivity contribution in [3.05, 3.63) is 48.0 Å². The second kappa shape index (κ2) is 6.01. The highest BCUT2D eigenvalue weighted by molar-refractivity contribution is 8.13. The van der Waals surface area contributed by atoms with Crippen LogP contribution in [0, 0.1) is 0 Å². The number of primary amides is 1. The maximum absolute atomic E-state index is 10.9. The molecule has 0 aliphatic carbocycles. The monoisotopic (exact) mass is 313 g/mol. The van der Waals surface area contributed by atoms with E-state index >= 15 is 0 Å². The Morgan fingerprint density at radius 3 is 2.86 bits per heavy atom. The van der Waals surface area contributed by atoms with Crippen LogP contribution in [0.1, 0.15) is 18.9 Å². The van der Waals surface area contributed by atoms with Crippen LogP contribution in [0.15, 0.2) is 47.5 Å². The molecule has 0 aromatic heterocycles. The number of hydrogen-bond acceptors (Lipinski definition) is 3. The molecule has 1 unspecified atom stereocenters. The molecular formula is C17H19N3OS. The summed E-state index contributed by atoms with van der Waals surface area (Å²) in [6.07, 6.45) is 1.01. The number of thioether (sulfide) groups is 1. The van der Waals surface area contributed by atoms with Gasteiger partial charge in [-0.2, -0.15) is 0 Å². The average Bonchev–Trinajstić information content (AvgIpc) is 2.52. The molecule has 1 amide bonds. The molecule has 4 nitrogen and oxygen atoms in total. The Hall–Kier alpha value is -2.01. The number of nitrogens with two attached hydrogens (primary N) is 1. The minimum Gasteiger partial charge on any atom is -0.368 e. The number of benzene rings is 2. The third-order valence-corrected chi connectivity index (χ3v) is 4.90. The molecule has 0 radical (unpaired) electrons. The second-order valence-electron chi connectivity index (χ2n) is 5.71. The fourth-order valence-electron chi connectivity index (χ4n) is 2.67. The average molecular weight is 313 g/mol. The van der Waals surface area contributed by atoms with Crippen LogP contribution in [0.2, 0.25) is 0 Å². The molecule has 1 saturated heterocycles. The van der Waals surface area contributed by atoms with E-state index in [-0.39, 0.29) is 12.1 Å². The minimum atomic E-state index is -0.409. The van der Waals surface area contributed by atoms with E-state index < -0.39 is 5.91 Å². The maximum atomic E-state index is 10.9. The summed E-state index contributed by atoms with van der Waals surface area (Å²) < 4.78 is 0. The predicted molar refractivity (Wildman–Crippen MR) is 93.0 cm³/mol. The standard InChI is InChI=1S/C17H19N3OS/c1-17(8-9-22-16(20-17)19-11-15(18)21)14-7-6-12-4-2-3-5-13(12)10-14/h2-7,10H,8-9,11H2,1H3,(H2,18,21)(H,19,20). The lowest BCUT2D eigenvalue weighted by Gasteiger charge is -2.36. The Labute approximate surface area is 134 Å². The third-order valence-electron chi connectivity index (χ3n) is 3.99. The van der Waals surface area contributed by atoms with Gasteiger partial charge in [0.15, 0.2) is 5.17 Å². The Morgan fingerprint density at radius 2 is 2.09 bits per heavy atom. The quantitative estimate of drug-likeness (QED) is 0.915. The summed E-state index contributed by atoms with van der Waals surface area (Å²) in [4.78, 5) is 15.2. The first kappa shape index (κ1) is 14.9. The fraction of sp³-hybridized carbons (Fsp3) is 0.294. The number of fused-ring (bicyclic) bond motifs is 1. The van der Waals surface area contributed by atoms with Crippen LogP contribution in [0.4, 0.5) is 0 Å². The molecule has 2 aromatic rings. The molecule has 1 atom stereocenters. The van der Waals surface area contributed by atoms with Crippen molar-refractivity contribution in [2.75, 3.05) is 12.3 Å². The number of hydrogen-bond donors (Lipinski definition) is 2. The largest absolute Gasteiger partial charge is 0.368 e. The number of amides is 1. The predicted octanol–water partition coefficient (Wildman–Crippen LogP) is 2.62. The highest BCUT2D eigenvalue weighted by Gasteiger charge is 2.31. The summed E-state index contributed by atoms with van der Waals surface area (Å²) in [6.45, 7) is 2.21. The smallest absolute Gasteiger partial charge is 0.239 e. The summed E-state index contributed by atoms with van der Waals surface area (Å²) in [5.74, 6) is 0.557. The van der Waals surface area contributed by atoms with Crippen LogP contribution in [0.25, 0.3) is 10.8 Å². The molecule has 0 saturated carbocycles. The fourth-order valence-corrected chi connectivity index (χ4v) is 3.83. The van der Waals surface area contributed by atoms with Gasteiger partial charge in [-0.3, -0.25) is 9.79 Å². The number of aliphatic imine (C=N–C) groups is 1. The Morgan fingerprint density at radius 1 is 1.32 bits per heavy atom. The van der Waals surface area contributed by atoms with Crippen molar-refractivity contribution in [3.8, 4) is 0 Å². The molecular weight excluding hydrogens is 294 g/mol. The van der Waals surface area contributed by atoms with E-state index in [1.54, 1.807) is 11.8 Å². The number of rotatable bonds is 3. The van der Waals surface area contributed by atoms with Crippen molar-refractivity contribution in [2.24, 2.45) is 10.7 Å². The number of carbonyl (C=O) groups is 1. The van der Waals surface area contributed by atoms with Crippen LogP contribution >= 0.6 is 11.8 Å². The van der Waals surface area contributed by atoms with Gasteiger partial charge < -0.3 is 11.1 Å². The van der Waals surface area contributed by atoms with Crippen molar-refractivity contribution in [2.45, 2.75) is 18.9 Å². The lowest BCUT2D eigenvalue weighted by Crippen LogP contribution is -2.46. The van der Waals surface area contributed by atoms with E-state index in [2.05, 4.69) is 53.6 Å². The van der Waals surface area contributed by atoms with E-state index in [1.165, 1.54) is 16.3 Å². The Bertz CT molecular complexity index is 744. The van der Waals surface area contributed by atoms with E-state index in [4.69, 9.17) is 5.73 Å². The Kier molecular flexibility index (Phi) is 4.07. The lowest BCUT2D eigenvalue weighted by atomic mass is 9.88. The zero-order valence-electron chi connectivity index (χ0n) is 12.5. The number of nitrogens with zero attached hydrogens (tertiary/aromatic N) is 1. The van der Waals surface area contributed by atoms with Crippen LogP contribution in [0.5, 0.6) is 0 Å². The number of amidine groups is 1. The molecule has 1 heterocycles. The zero-order chi connectivity index (χ0) is 15.6. The van der Waals surface area contributed by atoms with Crippen molar-refractivity contribution < 1.29 is 4.79 Å². The normalized spacial score (nSPS) is 23.4. The minimum absolute atomic E-state index is 0.0309. The molecule has 1 aliphatic rings. The second-order valence-corrected chi connectivity index (χ2v) is 6.79. The lowest BCUT2D eigenvalue weighted by molar-refractivity contribution is -0.116. The maximum Gasteiger partial charge on any atom is 0.239 e. The molecule has 1 fully saturated rings. The molecule has 3 rings (SSSR count). The summed E-state index contributed by atoms with van der Waals surface area (Å²) >= 11 is 1.64. The first-order valence-corrected chi connectivity index (χ1v) is 8.28. The zero-order valence-corrected chi connectivity index (χ0v) is 13.3. The van der Waals surface area contributed by atoms with Gasteiger partial charge in [-0.1, -0.05) is 48.2 Å². The SMILES string of the molecule is CC1(c2ccc3ccccc3c2)CCSC(=NCC(N)=O)N1. The van der Waals surface area contributed by atoms with E-state index in [1.807, 2.05) is 6.07 Å². The third kappa shape index (κ3) is 3.09. The van der Waals surface area contributed by atoms with Gasteiger partial charge in [-0.25, -0.2) is 0 Å². The van der Waals surface area contributed by atoms with Gasteiger partial charge in [-0.05, 0) is 35.7 Å². The summed E-state index contributed by atoms with van der Waals surface area (Å²) in [6, 6.07) is 14.9. The van der Waals surface area contributed by atoms with Crippen molar-refractivity contribution >= 4 is 33.6 Å². The van der Waals surface area contributed by atoms with Crippen molar-refractivity contribution in [1.29, 1.82) is 0 Å². The van der Waals surface area contributed by atoms with Crippen LogP contribution in [-0.4, -0.2) is 23.4 Å².